The van der Waals surface area contributed by atoms with E-state index < -0.39 is 0 Å². The first-order chi connectivity index (χ1) is 9.83. The van der Waals surface area contributed by atoms with E-state index in [0.717, 1.165) is 6.54 Å². The highest BCUT2D eigenvalue weighted by molar-refractivity contribution is 9.10. The maximum Gasteiger partial charge on any atom is 0.0175 e. The monoisotopic (exact) mass is 349 g/mol. The molecule has 3 rings (SSSR count). The van der Waals surface area contributed by atoms with Gasteiger partial charge in [0, 0.05) is 22.0 Å². The molecular weight excluding hydrogens is 322 g/mol. The quantitative estimate of drug-likeness (QED) is 0.766. The van der Waals surface area contributed by atoms with Crippen molar-refractivity contribution in [1.82, 2.24) is 5.32 Å². The normalized spacial score (nSPS) is 23.2. The van der Waals surface area contributed by atoms with E-state index in [0.29, 0.717) is 10.8 Å². The summed E-state index contributed by atoms with van der Waals surface area (Å²) < 4.78 is 1.18. The van der Waals surface area contributed by atoms with Crippen LogP contribution in [0, 0.1) is 5.41 Å². The molecule has 0 atom stereocenters. The van der Waals surface area contributed by atoms with Crippen LogP contribution in [0.1, 0.15) is 64.9 Å². The molecular formula is C19H28BrN. The molecule has 2 aliphatic carbocycles. The van der Waals surface area contributed by atoms with Crippen LogP contribution < -0.4 is 5.32 Å². The first-order valence-electron chi connectivity index (χ1n) is 8.34. The van der Waals surface area contributed by atoms with Crippen LogP contribution in [0.15, 0.2) is 28.7 Å². The Balaban J connectivity index is 1.80. The third-order valence-electron chi connectivity index (χ3n) is 5.50. The number of nitrogens with one attached hydrogen (secondary N) is 1. The molecule has 2 saturated carbocycles. The summed E-state index contributed by atoms with van der Waals surface area (Å²) in [6, 6.07) is 9.06. The highest BCUT2D eigenvalue weighted by atomic mass is 79.9. The van der Waals surface area contributed by atoms with E-state index in [2.05, 4.69) is 66.3 Å². The van der Waals surface area contributed by atoms with Crippen LogP contribution in [0.4, 0.5) is 0 Å². The standard InChI is InChI=1S/C19H28BrN/c1-17(2,3)21-14-19(15-6-8-16(20)9-7-15)12-18(13-19)10-4-5-11-18/h6-9,21H,4-5,10-14H2,1-3H3. The molecule has 1 aromatic rings. The van der Waals surface area contributed by atoms with E-state index >= 15 is 0 Å². The molecule has 0 aliphatic heterocycles. The Morgan fingerprint density at radius 3 is 2.14 bits per heavy atom. The van der Waals surface area contributed by atoms with E-state index in [-0.39, 0.29) is 5.54 Å². The number of hydrogen-bond acceptors (Lipinski definition) is 1. The summed E-state index contributed by atoms with van der Waals surface area (Å²) in [6.45, 7) is 7.92. The maximum absolute atomic E-state index is 3.77. The first kappa shape index (κ1) is 15.6. The molecule has 0 aromatic heterocycles. The van der Waals surface area contributed by atoms with Crippen LogP contribution in [-0.4, -0.2) is 12.1 Å². The Kier molecular flexibility index (Phi) is 3.99. The summed E-state index contributed by atoms with van der Waals surface area (Å²) in [5, 5.41) is 3.77. The second-order valence-corrected chi connectivity index (χ2v) is 9.37. The molecule has 0 amide bonds. The number of halogens is 1. The second-order valence-electron chi connectivity index (χ2n) is 8.45. The lowest BCUT2D eigenvalue weighted by molar-refractivity contribution is 0.0230. The van der Waals surface area contributed by atoms with Gasteiger partial charge in [0.25, 0.3) is 0 Å². The van der Waals surface area contributed by atoms with Crippen molar-refractivity contribution in [2.24, 2.45) is 5.41 Å². The van der Waals surface area contributed by atoms with Gasteiger partial charge < -0.3 is 5.32 Å². The zero-order valence-corrected chi connectivity index (χ0v) is 15.2. The summed E-state index contributed by atoms with van der Waals surface area (Å²) in [5.74, 6) is 0. The van der Waals surface area contributed by atoms with Gasteiger partial charge in [-0.15, -0.1) is 0 Å². The Hall–Kier alpha value is -0.340. The number of benzene rings is 1. The van der Waals surface area contributed by atoms with Crippen molar-refractivity contribution >= 4 is 15.9 Å². The van der Waals surface area contributed by atoms with Crippen molar-refractivity contribution in [1.29, 1.82) is 0 Å². The van der Waals surface area contributed by atoms with Crippen molar-refractivity contribution in [3.05, 3.63) is 34.3 Å². The van der Waals surface area contributed by atoms with Crippen LogP contribution in [0.5, 0.6) is 0 Å². The van der Waals surface area contributed by atoms with Gasteiger partial charge in [-0.3, -0.25) is 0 Å². The molecule has 1 N–H and O–H groups in total. The molecule has 0 saturated heterocycles. The molecule has 0 heterocycles. The van der Waals surface area contributed by atoms with Gasteiger partial charge in [0.15, 0.2) is 0 Å². The van der Waals surface area contributed by atoms with Crippen LogP contribution in [0.3, 0.4) is 0 Å². The first-order valence-corrected chi connectivity index (χ1v) is 9.13. The predicted molar refractivity (Wildman–Crippen MR) is 93.7 cm³/mol. The molecule has 2 aliphatic rings. The predicted octanol–water partition coefficient (Wildman–Crippen LogP) is 5.43. The van der Waals surface area contributed by atoms with E-state index in [9.17, 15) is 0 Å². The molecule has 2 fully saturated rings. The fourth-order valence-electron chi connectivity index (χ4n) is 4.53. The van der Waals surface area contributed by atoms with Crippen molar-refractivity contribution < 1.29 is 0 Å². The summed E-state index contributed by atoms with van der Waals surface area (Å²) in [5.41, 5.74) is 2.76. The molecule has 2 heteroatoms. The topological polar surface area (TPSA) is 12.0 Å². The summed E-state index contributed by atoms with van der Waals surface area (Å²) >= 11 is 3.57. The zero-order chi connectivity index (χ0) is 15.1. The van der Waals surface area contributed by atoms with Gasteiger partial charge in [-0.1, -0.05) is 40.9 Å². The van der Waals surface area contributed by atoms with Crippen LogP contribution in [-0.2, 0) is 5.41 Å². The molecule has 21 heavy (non-hydrogen) atoms. The van der Waals surface area contributed by atoms with Crippen LogP contribution >= 0.6 is 15.9 Å². The van der Waals surface area contributed by atoms with Gasteiger partial charge in [0.1, 0.15) is 0 Å². The zero-order valence-electron chi connectivity index (χ0n) is 13.6. The minimum Gasteiger partial charge on any atom is -0.311 e. The number of rotatable bonds is 3. The van der Waals surface area contributed by atoms with Crippen LogP contribution in [0.2, 0.25) is 0 Å². The van der Waals surface area contributed by atoms with Gasteiger partial charge in [0.05, 0.1) is 0 Å². The third kappa shape index (κ3) is 3.22. The molecule has 1 nitrogen and oxygen atoms in total. The van der Waals surface area contributed by atoms with Gasteiger partial charge >= 0.3 is 0 Å². The Morgan fingerprint density at radius 1 is 1.05 bits per heavy atom. The van der Waals surface area contributed by atoms with E-state index in [1.807, 2.05) is 0 Å². The average molecular weight is 350 g/mol. The molecule has 0 bridgehead atoms. The molecule has 1 spiro atoms. The SMILES string of the molecule is CC(C)(C)NCC1(c2ccc(Br)cc2)CC2(CCCC2)C1. The van der Waals surface area contributed by atoms with Gasteiger partial charge in [-0.25, -0.2) is 0 Å². The summed E-state index contributed by atoms with van der Waals surface area (Å²) in [4.78, 5) is 0. The van der Waals surface area contributed by atoms with Crippen molar-refractivity contribution in [2.45, 2.75) is 70.3 Å². The fraction of sp³-hybridized carbons (Fsp3) is 0.684. The van der Waals surface area contributed by atoms with Gasteiger partial charge in [-0.05, 0) is 69.6 Å². The molecule has 1 aromatic carbocycles. The lowest BCUT2D eigenvalue weighted by atomic mass is 9.49. The third-order valence-corrected chi connectivity index (χ3v) is 6.03. The van der Waals surface area contributed by atoms with Gasteiger partial charge in [-0.2, -0.15) is 0 Å². The lowest BCUT2D eigenvalue weighted by Crippen LogP contribution is -2.56. The summed E-state index contributed by atoms with van der Waals surface area (Å²) in [6.07, 6.45) is 8.57. The molecule has 116 valence electrons. The van der Waals surface area contributed by atoms with Crippen LogP contribution in [0.25, 0.3) is 0 Å². The average Bonchev–Trinajstić information content (AvgIpc) is 2.84. The smallest absolute Gasteiger partial charge is 0.0175 e. The lowest BCUT2D eigenvalue weighted by Gasteiger charge is -2.56. The van der Waals surface area contributed by atoms with Gasteiger partial charge in [0.2, 0.25) is 0 Å². The maximum atomic E-state index is 3.77. The largest absolute Gasteiger partial charge is 0.311 e. The molecule has 0 unspecified atom stereocenters. The minimum atomic E-state index is 0.195. The Labute approximate surface area is 138 Å². The fourth-order valence-corrected chi connectivity index (χ4v) is 4.80. The van der Waals surface area contributed by atoms with Crippen molar-refractivity contribution in [2.75, 3.05) is 6.54 Å². The highest BCUT2D eigenvalue weighted by Gasteiger charge is 2.55. The highest BCUT2D eigenvalue weighted by Crippen LogP contribution is 2.62. The second kappa shape index (κ2) is 5.38. The molecule has 0 radical (unpaired) electrons. The van der Waals surface area contributed by atoms with E-state index in [1.54, 1.807) is 0 Å². The van der Waals surface area contributed by atoms with Crippen molar-refractivity contribution in [3.8, 4) is 0 Å². The summed E-state index contributed by atoms with van der Waals surface area (Å²) in [7, 11) is 0. The Morgan fingerprint density at radius 2 is 1.62 bits per heavy atom. The van der Waals surface area contributed by atoms with Crippen molar-refractivity contribution in [3.63, 3.8) is 0 Å². The number of hydrogen-bond donors (Lipinski definition) is 1. The minimum absolute atomic E-state index is 0.195. The van der Waals surface area contributed by atoms with E-state index in [1.165, 1.54) is 48.6 Å². The Bertz CT molecular complexity index is 483. The van der Waals surface area contributed by atoms with E-state index in [4.69, 9.17) is 0 Å².